The zero-order valence-electron chi connectivity index (χ0n) is 13.4. The van der Waals surface area contributed by atoms with Gasteiger partial charge in [0.05, 0.1) is 7.11 Å². The Morgan fingerprint density at radius 3 is 2.38 bits per heavy atom. The highest BCUT2D eigenvalue weighted by Gasteiger charge is 2.23. The number of phenols is 3. The summed E-state index contributed by atoms with van der Waals surface area (Å²) in [4.78, 5) is 12.4. The van der Waals surface area contributed by atoms with Crippen molar-refractivity contribution in [1.29, 1.82) is 0 Å². The lowest BCUT2D eigenvalue weighted by Crippen LogP contribution is -2.03. The van der Waals surface area contributed by atoms with E-state index in [-0.39, 0.29) is 28.4 Å². The highest BCUT2D eigenvalue weighted by Crippen LogP contribution is 2.41. The topological polar surface area (TPSA) is 87.0 Å². The maximum atomic E-state index is 13.3. The molecule has 0 saturated carbocycles. The lowest BCUT2D eigenvalue weighted by atomic mass is 9.98. The zero-order chi connectivity index (χ0) is 18.0. The number of aromatic hydroxyl groups is 3. The Kier molecular flexibility index (Phi) is 4.78. The molecule has 2 aromatic rings. The van der Waals surface area contributed by atoms with Crippen LogP contribution < -0.4 is 4.74 Å². The fourth-order valence-electron chi connectivity index (χ4n) is 2.35. The Bertz CT molecular complexity index is 840. The van der Waals surface area contributed by atoms with E-state index in [9.17, 15) is 19.4 Å². The van der Waals surface area contributed by atoms with Crippen LogP contribution in [0.5, 0.6) is 23.0 Å². The molecule has 0 heterocycles. The summed E-state index contributed by atoms with van der Waals surface area (Å²) in [5, 5.41) is 29.3. The quantitative estimate of drug-likeness (QED) is 0.589. The molecule has 3 N–H and O–H groups in total. The van der Waals surface area contributed by atoms with Crippen molar-refractivity contribution in [2.75, 3.05) is 7.11 Å². The molecule has 0 spiro atoms. The Morgan fingerprint density at radius 1 is 1.12 bits per heavy atom. The third-order valence-corrected chi connectivity index (χ3v) is 3.72. The van der Waals surface area contributed by atoms with Gasteiger partial charge >= 0.3 is 0 Å². The van der Waals surface area contributed by atoms with Gasteiger partial charge in [0, 0.05) is 11.1 Å². The molecule has 0 aliphatic carbocycles. The predicted octanol–water partition coefficient (Wildman–Crippen LogP) is 3.46. The van der Waals surface area contributed by atoms with Crippen molar-refractivity contribution in [3.8, 4) is 23.0 Å². The molecule has 2 rings (SSSR count). The van der Waals surface area contributed by atoms with Crippen LogP contribution in [-0.2, 0) is 0 Å². The summed E-state index contributed by atoms with van der Waals surface area (Å²) in [7, 11) is 1.33. The number of halogens is 1. The summed E-state index contributed by atoms with van der Waals surface area (Å²) in [6, 6.07) is 3.68. The molecule has 0 aromatic heterocycles. The number of carbonyl (C=O) groups excluding carboxylic acids is 1. The van der Waals surface area contributed by atoms with Gasteiger partial charge in [0.15, 0.2) is 17.3 Å². The molecule has 24 heavy (non-hydrogen) atoms. The zero-order valence-corrected chi connectivity index (χ0v) is 13.4. The minimum atomic E-state index is -0.804. The van der Waals surface area contributed by atoms with Crippen LogP contribution in [0.2, 0.25) is 0 Å². The number of benzene rings is 2. The molecule has 0 radical (unpaired) electrons. The first-order valence-electron chi connectivity index (χ1n) is 7.08. The smallest absolute Gasteiger partial charge is 0.193 e. The minimum Gasteiger partial charge on any atom is -0.507 e. The molecule has 0 unspecified atom stereocenters. The number of hydrogen-bond acceptors (Lipinski definition) is 5. The Morgan fingerprint density at radius 2 is 1.79 bits per heavy atom. The highest BCUT2D eigenvalue weighted by atomic mass is 19.1. The van der Waals surface area contributed by atoms with Gasteiger partial charge in [0.25, 0.3) is 0 Å². The molecule has 5 nitrogen and oxygen atoms in total. The summed E-state index contributed by atoms with van der Waals surface area (Å²) < 4.78 is 18.4. The van der Waals surface area contributed by atoms with Gasteiger partial charge in [-0.25, -0.2) is 4.39 Å². The molecule has 2 aromatic carbocycles. The average molecular weight is 332 g/mol. The second-order valence-corrected chi connectivity index (χ2v) is 5.26. The van der Waals surface area contributed by atoms with E-state index in [1.54, 1.807) is 6.92 Å². The number of carbonyl (C=O) groups is 1. The van der Waals surface area contributed by atoms with Gasteiger partial charge in [0.1, 0.15) is 22.8 Å². The standard InChI is InChI=1S/C18H17FO5/c1-9-16(22)10(2)18(24-3)15(17(9)23)14(21)7-5-11-4-6-13(20)12(19)8-11/h4-8,20,22-23H,1-3H3/b7-5+. The molecule has 0 aliphatic heterocycles. The van der Waals surface area contributed by atoms with Gasteiger partial charge in [-0.2, -0.15) is 0 Å². The largest absolute Gasteiger partial charge is 0.507 e. The van der Waals surface area contributed by atoms with Crippen molar-refractivity contribution < 1.29 is 29.2 Å². The SMILES string of the molecule is COc1c(C)c(O)c(C)c(O)c1C(=O)/C=C/c1ccc(O)c(F)c1. The second-order valence-electron chi connectivity index (χ2n) is 5.26. The lowest BCUT2D eigenvalue weighted by Gasteiger charge is -2.15. The van der Waals surface area contributed by atoms with E-state index in [4.69, 9.17) is 9.84 Å². The van der Waals surface area contributed by atoms with Crippen molar-refractivity contribution in [2.24, 2.45) is 0 Å². The molecule has 0 saturated heterocycles. The molecule has 0 bridgehead atoms. The Balaban J connectivity index is 2.46. The van der Waals surface area contributed by atoms with Crippen LogP contribution in [0.3, 0.4) is 0 Å². The van der Waals surface area contributed by atoms with Crippen LogP contribution >= 0.6 is 0 Å². The molecule has 6 heteroatoms. The number of hydrogen-bond donors (Lipinski definition) is 3. The summed E-state index contributed by atoms with van der Waals surface area (Å²) in [6.07, 6.45) is 2.50. The van der Waals surface area contributed by atoms with Gasteiger partial charge in [-0.05, 0) is 37.6 Å². The molecular formula is C18H17FO5. The number of phenolic OH excluding ortho intramolecular Hbond substituents is 3. The van der Waals surface area contributed by atoms with E-state index >= 15 is 0 Å². The fourth-order valence-corrected chi connectivity index (χ4v) is 2.35. The van der Waals surface area contributed by atoms with Crippen LogP contribution in [0.1, 0.15) is 27.0 Å². The van der Waals surface area contributed by atoms with Gasteiger partial charge < -0.3 is 20.1 Å². The number of ketones is 1. The number of rotatable bonds is 4. The van der Waals surface area contributed by atoms with E-state index in [0.29, 0.717) is 11.1 Å². The van der Waals surface area contributed by atoms with Crippen molar-refractivity contribution in [1.82, 2.24) is 0 Å². The monoisotopic (exact) mass is 332 g/mol. The summed E-state index contributed by atoms with van der Waals surface area (Å²) in [6.45, 7) is 3.05. The number of methoxy groups -OCH3 is 1. The van der Waals surface area contributed by atoms with Gasteiger partial charge in [0.2, 0.25) is 0 Å². The van der Waals surface area contributed by atoms with Crippen molar-refractivity contribution in [3.63, 3.8) is 0 Å². The predicted molar refractivity (Wildman–Crippen MR) is 87.2 cm³/mol. The van der Waals surface area contributed by atoms with Gasteiger partial charge in [-0.15, -0.1) is 0 Å². The molecule has 126 valence electrons. The molecule has 0 amide bonds. The third-order valence-electron chi connectivity index (χ3n) is 3.72. The summed E-state index contributed by atoms with van der Waals surface area (Å²) >= 11 is 0. The first kappa shape index (κ1) is 17.3. The van der Waals surface area contributed by atoms with E-state index in [0.717, 1.165) is 12.1 Å². The number of ether oxygens (including phenoxy) is 1. The first-order valence-corrected chi connectivity index (χ1v) is 7.08. The number of allylic oxidation sites excluding steroid dienone is 1. The van der Waals surface area contributed by atoms with Crippen LogP contribution in [-0.4, -0.2) is 28.2 Å². The normalized spacial score (nSPS) is 11.0. The van der Waals surface area contributed by atoms with E-state index in [2.05, 4.69) is 0 Å². The second kappa shape index (κ2) is 6.62. The highest BCUT2D eigenvalue weighted by molar-refractivity contribution is 6.11. The van der Waals surface area contributed by atoms with Crippen molar-refractivity contribution in [2.45, 2.75) is 13.8 Å². The average Bonchev–Trinajstić information content (AvgIpc) is 2.56. The molecular weight excluding hydrogens is 315 g/mol. The fraction of sp³-hybridized carbons (Fsp3) is 0.167. The minimum absolute atomic E-state index is 0.0714. The van der Waals surface area contributed by atoms with Crippen molar-refractivity contribution in [3.05, 3.63) is 52.3 Å². The van der Waals surface area contributed by atoms with Crippen LogP contribution in [0.4, 0.5) is 4.39 Å². The Hall–Kier alpha value is -3.02. The van der Waals surface area contributed by atoms with E-state index in [1.807, 2.05) is 0 Å². The van der Waals surface area contributed by atoms with Gasteiger partial charge in [-0.1, -0.05) is 12.1 Å². The molecule has 0 fully saturated rings. The van der Waals surface area contributed by atoms with Gasteiger partial charge in [-0.3, -0.25) is 4.79 Å². The Labute approximate surface area is 138 Å². The third kappa shape index (κ3) is 3.03. The van der Waals surface area contributed by atoms with E-state index < -0.39 is 17.3 Å². The maximum Gasteiger partial charge on any atom is 0.193 e. The van der Waals surface area contributed by atoms with Crippen LogP contribution in [0, 0.1) is 19.7 Å². The maximum absolute atomic E-state index is 13.3. The molecule has 0 aliphatic rings. The van der Waals surface area contributed by atoms with E-state index in [1.165, 1.54) is 32.2 Å². The lowest BCUT2D eigenvalue weighted by molar-refractivity contribution is 0.104. The summed E-state index contributed by atoms with van der Waals surface area (Å²) in [5.41, 5.74) is 0.783. The van der Waals surface area contributed by atoms with Crippen LogP contribution in [0.25, 0.3) is 6.08 Å². The van der Waals surface area contributed by atoms with Crippen LogP contribution in [0.15, 0.2) is 24.3 Å². The first-order chi connectivity index (χ1) is 11.3. The molecule has 0 atom stereocenters. The summed E-state index contributed by atoms with van der Waals surface area (Å²) in [5.74, 6) is -2.30. The van der Waals surface area contributed by atoms with Crippen molar-refractivity contribution >= 4 is 11.9 Å².